The van der Waals surface area contributed by atoms with E-state index in [0.29, 0.717) is 46.1 Å². The first-order valence-electron chi connectivity index (χ1n) is 13.1. The van der Waals surface area contributed by atoms with Crippen molar-refractivity contribution in [3.8, 4) is 0 Å². The number of amides is 1. The number of benzene rings is 2. The van der Waals surface area contributed by atoms with Crippen LogP contribution in [0.3, 0.4) is 0 Å². The van der Waals surface area contributed by atoms with Crippen LogP contribution >= 0.6 is 0 Å². The van der Waals surface area contributed by atoms with E-state index in [-0.39, 0.29) is 18.2 Å². The smallest absolute Gasteiger partial charge is 0.264 e. The van der Waals surface area contributed by atoms with Gasteiger partial charge in [0, 0.05) is 11.1 Å². The topological polar surface area (TPSA) is 85.2 Å². The fourth-order valence-corrected chi connectivity index (χ4v) is 7.02. The highest BCUT2D eigenvalue weighted by molar-refractivity contribution is 7.90. The monoisotopic (exact) mass is 552 g/mol. The fourth-order valence-electron chi connectivity index (χ4n) is 6.03. The van der Waals surface area contributed by atoms with E-state index < -0.39 is 32.5 Å². The number of hydrogen-bond acceptors (Lipinski definition) is 4. The number of aromatic nitrogens is 1. The van der Waals surface area contributed by atoms with E-state index in [1.54, 1.807) is 23.6 Å². The van der Waals surface area contributed by atoms with Gasteiger partial charge in [-0.1, -0.05) is 54.8 Å². The maximum Gasteiger partial charge on any atom is 0.264 e. The first-order valence-corrected chi connectivity index (χ1v) is 14.6. The molecule has 0 aliphatic heterocycles. The molecule has 0 radical (unpaired) electrons. The second-order valence-electron chi connectivity index (χ2n) is 10.4. The number of fused-ring (bicyclic) bond motifs is 2. The average Bonchev–Trinajstić information content (AvgIpc) is 3.19. The molecule has 3 unspecified atom stereocenters. The minimum absolute atomic E-state index is 0.101. The zero-order chi connectivity index (χ0) is 27.9. The molecule has 9 heteroatoms. The predicted octanol–water partition coefficient (Wildman–Crippen LogP) is 5.85. The van der Waals surface area contributed by atoms with Crippen LogP contribution in [0, 0.1) is 36.3 Å². The Morgan fingerprint density at radius 1 is 1.08 bits per heavy atom. The molecule has 2 aromatic carbocycles. The average molecular weight is 553 g/mol. The van der Waals surface area contributed by atoms with Crippen LogP contribution in [0.25, 0.3) is 10.9 Å². The number of carbonyl (C=O) groups is 2. The van der Waals surface area contributed by atoms with E-state index >= 15 is 0 Å². The minimum atomic E-state index is -4.43. The van der Waals surface area contributed by atoms with Crippen LogP contribution in [0.1, 0.15) is 48.7 Å². The summed E-state index contributed by atoms with van der Waals surface area (Å²) >= 11 is 0. The summed E-state index contributed by atoms with van der Waals surface area (Å²) in [6.45, 7) is 3.67. The van der Waals surface area contributed by atoms with Crippen LogP contribution in [-0.2, 0) is 21.2 Å². The van der Waals surface area contributed by atoms with Gasteiger partial charge in [-0.15, -0.1) is 0 Å². The second-order valence-corrected chi connectivity index (χ2v) is 12.0. The van der Waals surface area contributed by atoms with Crippen LogP contribution < -0.4 is 4.72 Å². The Kier molecular flexibility index (Phi) is 7.29. The van der Waals surface area contributed by atoms with Gasteiger partial charge in [0.1, 0.15) is 0 Å². The molecule has 0 spiro atoms. The van der Waals surface area contributed by atoms with Gasteiger partial charge in [0.05, 0.1) is 22.8 Å². The standard InChI is InChI=1S/C30H30F2N2O4S/c1-18(22-12-7-9-20-8-3-4-10-23(20)22)30(36)34-19(2)25(24-11-5-6-13-28(24)34)17-29(35)33-39(37,38)21-14-15-26(31)27(32)16-21/h5-7,9,11-16,18,20,23H,3-4,8,10,17H2,1-2H3,(H,33,35). The third-order valence-electron chi connectivity index (χ3n) is 8.01. The van der Waals surface area contributed by atoms with Crippen molar-refractivity contribution >= 4 is 32.7 Å². The van der Waals surface area contributed by atoms with Gasteiger partial charge < -0.3 is 0 Å². The number of nitrogens with one attached hydrogen (secondary N) is 1. The molecule has 2 aliphatic carbocycles. The molecule has 1 heterocycles. The molecular weight excluding hydrogens is 522 g/mol. The Balaban J connectivity index is 1.44. The van der Waals surface area contributed by atoms with Crippen molar-refractivity contribution in [2.45, 2.75) is 50.8 Å². The molecule has 2 aliphatic rings. The maximum absolute atomic E-state index is 14.0. The molecule has 0 bridgehead atoms. The lowest BCUT2D eigenvalue weighted by Crippen LogP contribution is -2.32. The van der Waals surface area contributed by atoms with E-state index in [1.165, 1.54) is 6.42 Å². The summed E-state index contributed by atoms with van der Waals surface area (Å²) in [7, 11) is -4.43. The number of allylic oxidation sites excluding steroid dienone is 4. The van der Waals surface area contributed by atoms with Crippen LogP contribution in [0.15, 0.2) is 71.2 Å². The van der Waals surface area contributed by atoms with Gasteiger partial charge in [-0.05, 0) is 68.4 Å². The molecule has 1 fully saturated rings. The van der Waals surface area contributed by atoms with Gasteiger partial charge in [0.25, 0.3) is 10.0 Å². The molecule has 6 nitrogen and oxygen atoms in total. The molecule has 1 aromatic heterocycles. The minimum Gasteiger partial charge on any atom is -0.284 e. The molecule has 204 valence electrons. The van der Waals surface area contributed by atoms with Crippen LogP contribution in [0.4, 0.5) is 8.78 Å². The Hall–Kier alpha value is -3.59. The van der Waals surface area contributed by atoms with Crippen molar-refractivity contribution in [2.24, 2.45) is 17.8 Å². The highest BCUT2D eigenvalue weighted by Crippen LogP contribution is 2.42. The quantitative estimate of drug-likeness (QED) is 0.416. The molecule has 1 amide bonds. The van der Waals surface area contributed by atoms with Gasteiger partial charge in [0.15, 0.2) is 11.6 Å². The lowest BCUT2D eigenvalue weighted by molar-refractivity contribution is -0.118. The highest BCUT2D eigenvalue weighted by Gasteiger charge is 2.34. The van der Waals surface area contributed by atoms with Crippen molar-refractivity contribution in [2.75, 3.05) is 0 Å². The van der Waals surface area contributed by atoms with Crippen LogP contribution in [-0.4, -0.2) is 24.8 Å². The van der Waals surface area contributed by atoms with E-state index in [0.717, 1.165) is 30.9 Å². The first-order chi connectivity index (χ1) is 18.6. The number of hydrogen-bond donors (Lipinski definition) is 1. The molecule has 3 atom stereocenters. The number of para-hydroxylation sites is 1. The predicted molar refractivity (Wildman–Crippen MR) is 145 cm³/mol. The van der Waals surface area contributed by atoms with Crippen molar-refractivity contribution < 1.29 is 26.8 Å². The zero-order valence-electron chi connectivity index (χ0n) is 21.8. The van der Waals surface area contributed by atoms with Gasteiger partial charge in [-0.25, -0.2) is 21.9 Å². The largest absolute Gasteiger partial charge is 0.284 e. The van der Waals surface area contributed by atoms with Crippen molar-refractivity contribution in [3.05, 3.63) is 89.2 Å². The second kappa shape index (κ2) is 10.5. The fraction of sp³-hybridized carbons (Fsp3) is 0.333. The Bertz CT molecular complexity index is 1640. The summed E-state index contributed by atoms with van der Waals surface area (Å²) in [4.78, 5) is 26.3. The number of carbonyl (C=O) groups excluding carboxylic acids is 2. The van der Waals surface area contributed by atoms with Crippen LogP contribution in [0.5, 0.6) is 0 Å². The summed E-state index contributed by atoms with van der Waals surface area (Å²) < 4.78 is 55.7. The SMILES string of the molecule is Cc1c(CC(=O)NS(=O)(=O)c2ccc(F)c(F)c2)c2ccccc2n1C(=O)C(C)C1=CC=CC2CCCCC12. The molecule has 1 N–H and O–H groups in total. The normalized spacial score (nSPS) is 19.8. The van der Waals surface area contributed by atoms with Gasteiger partial charge in [0.2, 0.25) is 11.8 Å². The van der Waals surface area contributed by atoms with Gasteiger partial charge >= 0.3 is 0 Å². The Morgan fingerprint density at radius 2 is 1.82 bits per heavy atom. The zero-order valence-corrected chi connectivity index (χ0v) is 22.6. The van der Waals surface area contributed by atoms with E-state index in [4.69, 9.17) is 0 Å². The lowest BCUT2D eigenvalue weighted by atomic mass is 9.70. The summed E-state index contributed by atoms with van der Waals surface area (Å²) in [5, 5.41) is 0.670. The van der Waals surface area contributed by atoms with Gasteiger partial charge in [-0.3, -0.25) is 14.2 Å². The van der Waals surface area contributed by atoms with Crippen molar-refractivity contribution in [1.29, 1.82) is 0 Å². The van der Waals surface area contributed by atoms with Crippen molar-refractivity contribution in [1.82, 2.24) is 9.29 Å². The van der Waals surface area contributed by atoms with E-state index in [1.807, 2.05) is 23.8 Å². The summed E-state index contributed by atoms with van der Waals surface area (Å²) in [6.07, 6.45) is 10.6. The molecule has 3 aromatic rings. The van der Waals surface area contributed by atoms with E-state index in [9.17, 15) is 26.8 Å². The number of rotatable bonds is 6. The number of nitrogens with zero attached hydrogens (tertiary/aromatic N) is 1. The van der Waals surface area contributed by atoms with E-state index in [2.05, 4.69) is 18.2 Å². The maximum atomic E-state index is 14.0. The number of sulfonamides is 1. The summed E-state index contributed by atoms with van der Waals surface area (Å²) in [6, 6.07) is 9.30. The highest BCUT2D eigenvalue weighted by atomic mass is 32.2. The molecule has 39 heavy (non-hydrogen) atoms. The van der Waals surface area contributed by atoms with Crippen LogP contribution in [0.2, 0.25) is 0 Å². The van der Waals surface area contributed by atoms with Crippen molar-refractivity contribution in [3.63, 3.8) is 0 Å². The number of halogens is 2. The third-order valence-corrected chi connectivity index (χ3v) is 9.39. The Labute approximate surface area is 226 Å². The molecule has 0 saturated heterocycles. The first kappa shape index (κ1) is 27.0. The molecular formula is C30H30F2N2O4S. The Morgan fingerprint density at radius 3 is 2.59 bits per heavy atom. The molecule has 5 rings (SSSR count). The molecule has 1 saturated carbocycles. The summed E-state index contributed by atoms with van der Waals surface area (Å²) in [5.74, 6) is -3.05. The summed E-state index contributed by atoms with van der Waals surface area (Å²) in [5.41, 5.74) is 2.85. The van der Waals surface area contributed by atoms with Gasteiger partial charge in [-0.2, -0.15) is 0 Å². The lowest BCUT2D eigenvalue weighted by Gasteiger charge is -2.35. The third kappa shape index (κ3) is 5.07.